The number of benzene rings is 1. The van der Waals surface area contributed by atoms with Gasteiger partial charge in [-0.05, 0) is 17.7 Å². The summed E-state index contributed by atoms with van der Waals surface area (Å²) >= 11 is 0. The molecule has 2 aromatic rings. The van der Waals surface area contributed by atoms with Crippen LogP contribution in [0.1, 0.15) is 27.5 Å². The van der Waals surface area contributed by atoms with E-state index in [4.69, 9.17) is 0 Å². The fraction of sp³-hybridized carbons (Fsp3) is 0.250. The number of hydrogen-bond donors (Lipinski definition) is 2. The fourth-order valence-electron chi connectivity index (χ4n) is 2.71. The smallest absolute Gasteiger partial charge is 0.254 e. The summed E-state index contributed by atoms with van der Waals surface area (Å²) in [5, 5.41) is 3.26. The Morgan fingerprint density at radius 1 is 1.19 bits per heavy atom. The summed E-state index contributed by atoms with van der Waals surface area (Å²) < 4.78 is 0. The Labute approximate surface area is 122 Å². The second kappa shape index (κ2) is 5.54. The zero-order valence-corrected chi connectivity index (χ0v) is 11.8. The SMILES string of the molecule is CN1C(=O)c2ccccc2C1CNCc1ccc[nH]c1=O. The van der Waals surface area contributed by atoms with Gasteiger partial charge in [0, 0.05) is 37.5 Å². The number of aromatic amines is 1. The van der Waals surface area contributed by atoms with Gasteiger partial charge in [-0.25, -0.2) is 0 Å². The van der Waals surface area contributed by atoms with Crippen LogP contribution in [0.2, 0.25) is 0 Å². The summed E-state index contributed by atoms with van der Waals surface area (Å²) in [5.41, 5.74) is 2.42. The van der Waals surface area contributed by atoms with Crippen LogP contribution in [0.25, 0.3) is 0 Å². The van der Waals surface area contributed by atoms with Crippen LogP contribution >= 0.6 is 0 Å². The van der Waals surface area contributed by atoms with Crippen LogP contribution in [0, 0.1) is 0 Å². The van der Waals surface area contributed by atoms with E-state index in [1.165, 1.54) is 0 Å². The van der Waals surface area contributed by atoms with Gasteiger partial charge in [-0.15, -0.1) is 0 Å². The largest absolute Gasteiger partial charge is 0.333 e. The van der Waals surface area contributed by atoms with Crippen LogP contribution in [0.15, 0.2) is 47.4 Å². The molecule has 108 valence electrons. The first kappa shape index (κ1) is 13.6. The molecule has 1 aromatic carbocycles. The van der Waals surface area contributed by atoms with Gasteiger partial charge in [0.2, 0.25) is 0 Å². The molecule has 0 fully saturated rings. The Kier molecular flexibility index (Phi) is 3.58. The van der Waals surface area contributed by atoms with Crippen LogP contribution in [-0.4, -0.2) is 29.4 Å². The summed E-state index contributed by atoms with van der Waals surface area (Å²) in [6, 6.07) is 11.3. The molecule has 21 heavy (non-hydrogen) atoms. The number of likely N-dealkylation sites (N-methyl/N-ethyl adjacent to an activating group) is 1. The Hall–Kier alpha value is -2.40. The Balaban J connectivity index is 1.70. The Morgan fingerprint density at radius 2 is 2.00 bits per heavy atom. The van der Waals surface area contributed by atoms with E-state index in [2.05, 4.69) is 10.3 Å². The summed E-state index contributed by atoms with van der Waals surface area (Å²) in [6.45, 7) is 1.10. The number of pyridine rings is 1. The minimum atomic E-state index is -0.0822. The molecule has 0 aliphatic carbocycles. The van der Waals surface area contributed by atoms with Gasteiger partial charge in [0.1, 0.15) is 0 Å². The number of H-pyrrole nitrogens is 1. The lowest BCUT2D eigenvalue weighted by Crippen LogP contribution is -2.32. The molecule has 2 heterocycles. The fourth-order valence-corrected chi connectivity index (χ4v) is 2.71. The van der Waals surface area contributed by atoms with Gasteiger partial charge in [0.15, 0.2) is 0 Å². The predicted octanol–water partition coefficient (Wildman–Crippen LogP) is 1.29. The highest BCUT2D eigenvalue weighted by Gasteiger charge is 2.33. The predicted molar refractivity (Wildman–Crippen MR) is 80.0 cm³/mol. The highest BCUT2D eigenvalue weighted by atomic mass is 16.2. The third kappa shape index (κ3) is 2.48. The van der Waals surface area contributed by atoms with Gasteiger partial charge in [-0.2, -0.15) is 0 Å². The van der Waals surface area contributed by atoms with E-state index < -0.39 is 0 Å². The number of fused-ring (bicyclic) bond motifs is 1. The molecule has 3 rings (SSSR count). The van der Waals surface area contributed by atoms with Crippen molar-refractivity contribution in [1.82, 2.24) is 15.2 Å². The molecule has 0 spiro atoms. The quantitative estimate of drug-likeness (QED) is 0.888. The molecular formula is C16H17N3O2. The van der Waals surface area contributed by atoms with Gasteiger partial charge in [0.05, 0.1) is 6.04 Å². The molecular weight excluding hydrogens is 266 g/mol. The topological polar surface area (TPSA) is 65.2 Å². The minimum absolute atomic E-state index is 0.0106. The van der Waals surface area contributed by atoms with Gasteiger partial charge in [0.25, 0.3) is 11.5 Å². The number of carbonyl (C=O) groups is 1. The summed E-state index contributed by atoms with van der Waals surface area (Å²) in [5.74, 6) is 0.0509. The van der Waals surface area contributed by atoms with E-state index >= 15 is 0 Å². The number of carbonyl (C=O) groups excluding carboxylic acids is 1. The van der Waals surface area contributed by atoms with E-state index in [1.807, 2.05) is 31.3 Å². The molecule has 0 saturated carbocycles. The highest BCUT2D eigenvalue weighted by Crippen LogP contribution is 2.31. The summed E-state index contributed by atoms with van der Waals surface area (Å²) in [7, 11) is 1.81. The van der Waals surface area contributed by atoms with E-state index in [1.54, 1.807) is 23.2 Å². The summed E-state index contributed by atoms with van der Waals surface area (Å²) in [6.07, 6.45) is 1.62. The van der Waals surface area contributed by atoms with Crippen LogP contribution in [-0.2, 0) is 6.54 Å². The highest BCUT2D eigenvalue weighted by molar-refractivity contribution is 5.99. The first-order chi connectivity index (χ1) is 10.2. The van der Waals surface area contributed by atoms with Gasteiger partial charge in [-0.1, -0.05) is 24.3 Å². The number of amides is 1. The van der Waals surface area contributed by atoms with Crippen molar-refractivity contribution in [3.05, 3.63) is 69.6 Å². The van der Waals surface area contributed by atoms with Crippen LogP contribution < -0.4 is 10.9 Å². The lowest BCUT2D eigenvalue weighted by molar-refractivity contribution is 0.0773. The van der Waals surface area contributed by atoms with E-state index in [9.17, 15) is 9.59 Å². The molecule has 1 aliphatic heterocycles. The maximum absolute atomic E-state index is 12.1. The van der Waals surface area contributed by atoms with Crippen molar-refractivity contribution < 1.29 is 4.79 Å². The van der Waals surface area contributed by atoms with Crippen molar-refractivity contribution in [2.45, 2.75) is 12.6 Å². The first-order valence-electron chi connectivity index (χ1n) is 6.92. The standard InChI is InChI=1S/C16H17N3O2/c1-19-14(12-6-2-3-7-13(12)16(19)21)10-17-9-11-5-4-8-18-15(11)20/h2-8,14,17H,9-10H2,1H3,(H,18,20). The first-order valence-corrected chi connectivity index (χ1v) is 6.92. The van der Waals surface area contributed by atoms with Crippen molar-refractivity contribution in [1.29, 1.82) is 0 Å². The van der Waals surface area contributed by atoms with Gasteiger partial charge < -0.3 is 15.2 Å². The maximum Gasteiger partial charge on any atom is 0.254 e. The van der Waals surface area contributed by atoms with Gasteiger partial charge in [-0.3, -0.25) is 9.59 Å². The van der Waals surface area contributed by atoms with Gasteiger partial charge >= 0.3 is 0 Å². The third-order valence-electron chi connectivity index (χ3n) is 3.89. The summed E-state index contributed by atoms with van der Waals surface area (Å²) in [4.78, 5) is 28.1. The molecule has 2 N–H and O–H groups in total. The molecule has 0 radical (unpaired) electrons. The molecule has 5 heteroatoms. The van der Waals surface area contributed by atoms with E-state index in [-0.39, 0.29) is 17.5 Å². The zero-order chi connectivity index (χ0) is 14.8. The average molecular weight is 283 g/mol. The molecule has 1 aromatic heterocycles. The van der Waals surface area contributed by atoms with Crippen LogP contribution in [0.5, 0.6) is 0 Å². The van der Waals surface area contributed by atoms with Crippen molar-refractivity contribution in [2.24, 2.45) is 0 Å². The zero-order valence-electron chi connectivity index (χ0n) is 11.8. The molecule has 5 nitrogen and oxygen atoms in total. The third-order valence-corrected chi connectivity index (χ3v) is 3.89. The molecule has 1 unspecified atom stereocenters. The second-order valence-electron chi connectivity index (χ2n) is 5.17. The number of nitrogens with zero attached hydrogens (tertiary/aromatic N) is 1. The molecule has 0 bridgehead atoms. The molecule has 0 saturated heterocycles. The van der Waals surface area contributed by atoms with Crippen molar-refractivity contribution in [3.8, 4) is 0 Å². The number of rotatable bonds is 4. The van der Waals surface area contributed by atoms with Crippen molar-refractivity contribution >= 4 is 5.91 Å². The van der Waals surface area contributed by atoms with E-state index in [0.717, 1.165) is 11.1 Å². The average Bonchev–Trinajstić information content (AvgIpc) is 2.74. The lowest BCUT2D eigenvalue weighted by atomic mass is 10.0. The number of hydrogen-bond acceptors (Lipinski definition) is 3. The maximum atomic E-state index is 12.1. The van der Waals surface area contributed by atoms with Crippen LogP contribution in [0.3, 0.4) is 0 Å². The Bertz CT molecular complexity index is 723. The Morgan fingerprint density at radius 3 is 2.81 bits per heavy atom. The normalized spacial score (nSPS) is 17.1. The molecule has 1 aliphatic rings. The number of nitrogens with one attached hydrogen (secondary N) is 2. The lowest BCUT2D eigenvalue weighted by Gasteiger charge is -2.21. The monoisotopic (exact) mass is 283 g/mol. The van der Waals surface area contributed by atoms with Crippen LogP contribution in [0.4, 0.5) is 0 Å². The van der Waals surface area contributed by atoms with Crippen molar-refractivity contribution in [3.63, 3.8) is 0 Å². The number of aromatic nitrogens is 1. The molecule has 1 atom stereocenters. The van der Waals surface area contributed by atoms with Crippen molar-refractivity contribution in [2.75, 3.05) is 13.6 Å². The molecule has 1 amide bonds. The van der Waals surface area contributed by atoms with E-state index in [0.29, 0.717) is 18.7 Å². The minimum Gasteiger partial charge on any atom is -0.333 e. The second-order valence-corrected chi connectivity index (χ2v) is 5.17.